The van der Waals surface area contributed by atoms with Crippen molar-refractivity contribution in [3.8, 4) is 0 Å². The van der Waals surface area contributed by atoms with Gasteiger partial charge >= 0.3 is 6.03 Å². The van der Waals surface area contributed by atoms with Gasteiger partial charge in [0.05, 0.1) is 12.1 Å². The molecule has 8 N–H and O–H groups in total. The predicted octanol–water partition coefficient (Wildman–Crippen LogP) is -2.44. The van der Waals surface area contributed by atoms with E-state index in [0.717, 1.165) is 0 Å². The van der Waals surface area contributed by atoms with Crippen molar-refractivity contribution >= 4 is 23.6 Å². The van der Waals surface area contributed by atoms with Crippen LogP contribution in [0.1, 0.15) is 26.7 Å². The van der Waals surface area contributed by atoms with E-state index >= 15 is 0 Å². The van der Waals surface area contributed by atoms with Crippen LogP contribution in [0.3, 0.4) is 0 Å². The number of hydrogen-bond acceptors (Lipinski definition) is 6. The number of hydrogen-bond donors (Lipinski definition) is 6. The smallest absolute Gasteiger partial charge is 0.312 e. The minimum atomic E-state index is -0.814. The van der Waals surface area contributed by atoms with E-state index < -0.39 is 36.0 Å². The summed E-state index contributed by atoms with van der Waals surface area (Å²) < 4.78 is 0. The molecule has 0 saturated heterocycles. The first-order chi connectivity index (χ1) is 11.2. The van der Waals surface area contributed by atoms with E-state index in [9.17, 15) is 19.2 Å². The van der Waals surface area contributed by atoms with Gasteiger partial charge in [0.25, 0.3) is 0 Å². The summed E-state index contributed by atoms with van der Waals surface area (Å²) in [4.78, 5) is 46.2. The quantitative estimate of drug-likeness (QED) is 0.228. The number of likely N-dealkylation sites (N-methyl/N-ethyl adjacent to an activating group) is 1. The number of amides is 4. The molecule has 10 heteroatoms. The van der Waals surface area contributed by atoms with Crippen LogP contribution < -0.4 is 32.7 Å². The molecule has 0 rings (SSSR count). The lowest BCUT2D eigenvalue weighted by molar-refractivity contribution is -0.131. The van der Waals surface area contributed by atoms with Gasteiger partial charge in [0.1, 0.15) is 6.04 Å². The lowest BCUT2D eigenvalue weighted by Gasteiger charge is -2.21. The Balaban J connectivity index is 4.46. The molecule has 0 aromatic heterocycles. The lowest BCUT2D eigenvalue weighted by atomic mass is 10.1. The number of urea groups is 1. The summed E-state index contributed by atoms with van der Waals surface area (Å²) in [5, 5.41) is 10.3. The van der Waals surface area contributed by atoms with Crippen LogP contribution in [0.5, 0.6) is 0 Å². The first kappa shape index (κ1) is 21.8. The average Bonchev–Trinajstić information content (AvgIpc) is 2.50. The minimum absolute atomic E-state index is 0.0968. The second-order valence-electron chi connectivity index (χ2n) is 5.41. The number of nitrogens with two attached hydrogens (primary N) is 2. The fourth-order valence-corrected chi connectivity index (χ4v) is 1.93. The van der Waals surface area contributed by atoms with Crippen molar-refractivity contribution in [2.45, 2.75) is 44.8 Å². The lowest BCUT2D eigenvalue weighted by Crippen LogP contribution is -2.55. The first-order valence-corrected chi connectivity index (χ1v) is 7.74. The number of rotatable bonds is 11. The molecule has 24 heavy (non-hydrogen) atoms. The van der Waals surface area contributed by atoms with E-state index in [1.54, 1.807) is 7.05 Å². The highest BCUT2D eigenvalue weighted by molar-refractivity contribution is 5.92. The third-order valence-corrected chi connectivity index (χ3v) is 3.43. The first-order valence-electron chi connectivity index (χ1n) is 7.74. The Morgan fingerprint density at radius 3 is 2.12 bits per heavy atom. The van der Waals surface area contributed by atoms with E-state index in [-0.39, 0.29) is 12.3 Å². The zero-order valence-electron chi connectivity index (χ0n) is 14.3. The van der Waals surface area contributed by atoms with E-state index in [1.165, 1.54) is 13.8 Å². The van der Waals surface area contributed by atoms with Crippen LogP contribution in [0, 0.1) is 0 Å². The van der Waals surface area contributed by atoms with Crippen LogP contribution >= 0.6 is 0 Å². The maximum atomic E-state index is 12.1. The summed E-state index contributed by atoms with van der Waals surface area (Å²) >= 11 is 0. The Morgan fingerprint density at radius 1 is 1.04 bits per heavy atom. The second-order valence-corrected chi connectivity index (χ2v) is 5.41. The summed E-state index contributed by atoms with van der Waals surface area (Å²) in [6.45, 7) is 3.28. The van der Waals surface area contributed by atoms with Crippen LogP contribution in [-0.4, -0.2) is 61.9 Å². The van der Waals surface area contributed by atoms with Gasteiger partial charge in [-0.25, -0.2) is 4.79 Å². The van der Waals surface area contributed by atoms with Crippen molar-refractivity contribution in [1.82, 2.24) is 21.3 Å². The monoisotopic (exact) mass is 344 g/mol. The highest BCUT2D eigenvalue weighted by Gasteiger charge is 2.23. The van der Waals surface area contributed by atoms with E-state index in [0.29, 0.717) is 19.4 Å². The van der Waals surface area contributed by atoms with Crippen LogP contribution in [0.2, 0.25) is 0 Å². The third kappa shape index (κ3) is 8.44. The molecule has 3 atom stereocenters. The normalized spacial score (nSPS) is 14.2. The van der Waals surface area contributed by atoms with Crippen molar-refractivity contribution in [2.24, 2.45) is 11.5 Å². The SMILES string of the molecule is CN[C@@H](CN)C(=O)N[C@@H](C)C(=O)N[C@@H](CCCNC(N)=O)C(C)=O. The molecule has 0 bridgehead atoms. The number of Topliss-reactive ketones (excluding diaryl/α,β-unsaturated/α-hetero) is 1. The molecule has 0 aliphatic heterocycles. The zero-order valence-corrected chi connectivity index (χ0v) is 14.3. The van der Waals surface area contributed by atoms with Crippen LogP contribution in [0.15, 0.2) is 0 Å². The summed E-state index contributed by atoms with van der Waals surface area (Å²) in [6.07, 6.45) is 0.827. The molecule has 0 radical (unpaired) electrons. The van der Waals surface area contributed by atoms with Gasteiger partial charge in [-0.3, -0.25) is 14.4 Å². The molecule has 0 unspecified atom stereocenters. The molecule has 138 valence electrons. The molecule has 0 heterocycles. The summed E-state index contributed by atoms with van der Waals surface area (Å²) in [7, 11) is 1.59. The Bertz CT molecular complexity index is 453. The molecule has 0 aromatic rings. The van der Waals surface area contributed by atoms with Crippen LogP contribution in [0.25, 0.3) is 0 Å². The van der Waals surface area contributed by atoms with Crippen molar-refractivity contribution in [3.05, 3.63) is 0 Å². The molecule has 0 aromatic carbocycles. The van der Waals surface area contributed by atoms with Crippen molar-refractivity contribution in [3.63, 3.8) is 0 Å². The molecule has 0 spiro atoms. The topological polar surface area (TPSA) is 168 Å². The molecule has 0 aliphatic rings. The molecule has 4 amide bonds. The standard InChI is InChI=1S/C14H28N6O4/c1-8(19-13(23)11(7-15)17-3)12(22)20-10(9(2)21)5-4-6-18-14(16)24/h8,10-11,17H,4-7,15H2,1-3H3,(H,19,23)(H,20,22)(H3,16,18,24)/t8-,10-,11-/m0/s1. The van der Waals surface area contributed by atoms with Gasteiger partial charge in [-0.15, -0.1) is 0 Å². The number of carbonyl (C=O) groups is 4. The number of ketones is 1. The Labute approximate surface area is 141 Å². The highest BCUT2D eigenvalue weighted by atomic mass is 16.2. The zero-order chi connectivity index (χ0) is 18.7. The van der Waals surface area contributed by atoms with Gasteiger partial charge in [-0.1, -0.05) is 0 Å². The van der Waals surface area contributed by atoms with E-state index in [1.807, 2.05) is 0 Å². The van der Waals surface area contributed by atoms with Gasteiger partial charge in [-0.2, -0.15) is 0 Å². The maximum Gasteiger partial charge on any atom is 0.312 e. The fraction of sp³-hybridized carbons (Fsp3) is 0.714. The second kappa shape index (κ2) is 11.4. The predicted molar refractivity (Wildman–Crippen MR) is 88.9 cm³/mol. The summed E-state index contributed by atoms with van der Waals surface area (Å²) in [5.74, 6) is -1.08. The largest absolute Gasteiger partial charge is 0.352 e. The van der Waals surface area contributed by atoms with Crippen LogP contribution in [0.4, 0.5) is 4.79 Å². The van der Waals surface area contributed by atoms with E-state index in [4.69, 9.17) is 11.5 Å². The molecular weight excluding hydrogens is 316 g/mol. The Kier molecular flexibility index (Phi) is 10.3. The molecule has 10 nitrogen and oxygen atoms in total. The number of carbonyl (C=O) groups excluding carboxylic acids is 4. The number of nitrogens with one attached hydrogen (secondary N) is 4. The van der Waals surface area contributed by atoms with Crippen molar-refractivity contribution < 1.29 is 19.2 Å². The molecule has 0 fully saturated rings. The van der Waals surface area contributed by atoms with Gasteiger partial charge < -0.3 is 32.7 Å². The highest BCUT2D eigenvalue weighted by Crippen LogP contribution is 1.99. The summed E-state index contributed by atoms with van der Waals surface area (Å²) in [6, 6.07) is -2.75. The minimum Gasteiger partial charge on any atom is -0.352 e. The Hall–Kier alpha value is -2.20. The van der Waals surface area contributed by atoms with Crippen molar-refractivity contribution in [1.29, 1.82) is 0 Å². The average molecular weight is 344 g/mol. The van der Waals surface area contributed by atoms with Gasteiger partial charge in [0, 0.05) is 13.1 Å². The van der Waals surface area contributed by atoms with Gasteiger partial charge in [-0.05, 0) is 33.7 Å². The Morgan fingerprint density at radius 2 is 1.67 bits per heavy atom. The fourth-order valence-electron chi connectivity index (χ4n) is 1.93. The van der Waals surface area contributed by atoms with Gasteiger partial charge in [0.15, 0.2) is 5.78 Å². The van der Waals surface area contributed by atoms with Crippen molar-refractivity contribution in [2.75, 3.05) is 20.1 Å². The maximum absolute atomic E-state index is 12.1. The molecule has 0 aliphatic carbocycles. The van der Waals surface area contributed by atoms with Gasteiger partial charge in [0.2, 0.25) is 11.8 Å². The third-order valence-electron chi connectivity index (χ3n) is 3.43. The van der Waals surface area contributed by atoms with E-state index in [2.05, 4.69) is 21.3 Å². The molecular formula is C14H28N6O4. The summed E-state index contributed by atoms with van der Waals surface area (Å²) in [5.41, 5.74) is 10.4. The number of primary amides is 1. The molecule has 0 saturated carbocycles. The van der Waals surface area contributed by atoms with Crippen LogP contribution in [-0.2, 0) is 14.4 Å².